The molecule has 3 nitrogen and oxygen atoms in total. The first-order valence-electron chi connectivity index (χ1n) is 10.1. The molecule has 0 amide bonds. The molecule has 0 spiro atoms. The predicted octanol–water partition coefficient (Wildman–Crippen LogP) is 7.34. The van der Waals surface area contributed by atoms with Crippen molar-refractivity contribution < 1.29 is 4.42 Å². The van der Waals surface area contributed by atoms with Crippen molar-refractivity contribution in [3.05, 3.63) is 107 Å². The maximum absolute atomic E-state index is 12.3. The zero-order chi connectivity index (χ0) is 20.8. The normalized spacial score (nSPS) is 11.4. The van der Waals surface area contributed by atoms with Gasteiger partial charge in [-0.25, -0.2) is 4.79 Å². The maximum atomic E-state index is 12.3. The van der Waals surface area contributed by atoms with Gasteiger partial charge in [-0.15, -0.1) is 11.3 Å². The van der Waals surface area contributed by atoms with Crippen LogP contribution in [0.25, 0.3) is 54.7 Å². The second-order valence-electron chi connectivity index (χ2n) is 7.46. The van der Waals surface area contributed by atoms with Gasteiger partial charge in [0.05, 0.1) is 11.2 Å². The summed E-state index contributed by atoms with van der Waals surface area (Å²) in [6, 6.07) is 30.4. The Hall–Kier alpha value is -3.89. The summed E-state index contributed by atoms with van der Waals surface area (Å²) in [5, 5.41) is 4.06. The molecule has 0 aliphatic heterocycles. The zero-order valence-electron chi connectivity index (χ0n) is 16.5. The smallest absolute Gasteiger partial charge is 0.336 e. The third kappa shape index (κ3) is 3.00. The lowest BCUT2D eigenvalue weighted by molar-refractivity contribution is 0.562. The summed E-state index contributed by atoms with van der Waals surface area (Å²) in [7, 11) is 0. The number of rotatable bonds is 3. The van der Waals surface area contributed by atoms with E-state index in [1.54, 1.807) is 17.4 Å². The number of hydrogen-bond acceptors (Lipinski definition) is 3. The molecule has 0 radical (unpaired) electrons. The minimum Gasteiger partial charge on any atom is -0.423 e. The van der Waals surface area contributed by atoms with Gasteiger partial charge in [0.2, 0.25) is 0 Å². The van der Waals surface area contributed by atoms with Gasteiger partial charge in [-0.3, -0.25) is 0 Å². The minimum atomic E-state index is -0.339. The maximum Gasteiger partial charge on any atom is 0.336 e. The van der Waals surface area contributed by atoms with Crippen LogP contribution in [0.3, 0.4) is 0 Å². The van der Waals surface area contributed by atoms with Crippen LogP contribution >= 0.6 is 11.3 Å². The van der Waals surface area contributed by atoms with E-state index in [0.717, 1.165) is 49.1 Å². The largest absolute Gasteiger partial charge is 0.423 e. The van der Waals surface area contributed by atoms with Crippen LogP contribution in [0.1, 0.15) is 0 Å². The van der Waals surface area contributed by atoms with Crippen LogP contribution in [0.15, 0.2) is 106 Å². The summed E-state index contributed by atoms with van der Waals surface area (Å²) >= 11 is 1.62. The molecule has 148 valence electrons. The topological polar surface area (TPSA) is 46.0 Å². The first-order valence-corrected chi connectivity index (χ1v) is 10.9. The van der Waals surface area contributed by atoms with Gasteiger partial charge in [-0.05, 0) is 28.6 Å². The Labute approximate surface area is 182 Å². The van der Waals surface area contributed by atoms with E-state index in [9.17, 15) is 4.79 Å². The number of aromatic nitrogens is 1. The molecule has 0 aliphatic rings. The summed E-state index contributed by atoms with van der Waals surface area (Å²) in [6.45, 7) is 0. The predicted molar refractivity (Wildman–Crippen MR) is 129 cm³/mol. The van der Waals surface area contributed by atoms with E-state index in [1.165, 1.54) is 0 Å². The average molecular weight is 420 g/mol. The van der Waals surface area contributed by atoms with Gasteiger partial charge in [0, 0.05) is 38.9 Å². The fourth-order valence-corrected chi connectivity index (χ4v) is 4.97. The van der Waals surface area contributed by atoms with Crippen molar-refractivity contribution in [3.63, 3.8) is 0 Å². The molecule has 3 heterocycles. The number of hydrogen-bond donors (Lipinski definition) is 1. The van der Waals surface area contributed by atoms with E-state index >= 15 is 0 Å². The Kier molecular flexibility index (Phi) is 4.11. The summed E-state index contributed by atoms with van der Waals surface area (Å²) in [5.41, 5.74) is 6.55. The number of thiophene rings is 1. The number of H-pyrrole nitrogens is 1. The molecule has 4 heteroatoms. The lowest BCUT2D eigenvalue weighted by Crippen LogP contribution is -1.97. The van der Waals surface area contributed by atoms with E-state index < -0.39 is 0 Å². The number of aromatic amines is 1. The second-order valence-corrected chi connectivity index (χ2v) is 8.41. The van der Waals surface area contributed by atoms with Crippen LogP contribution in [0.5, 0.6) is 0 Å². The molecule has 0 bridgehead atoms. The Bertz CT molecular complexity index is 1580. The molecule has 6 aromatic rings. The molecule has 6 rings (SSSR count). The second kappa shape index (κ2) is 7.11. The van der Waals surface area contributed by atoms with E-state index in [1.807, 2.05) is 47.8 Å². The van der Waals surface area contributed by atoms with Crippen molar-refractivity contribution in [1.29, 1.82) is 0 Å². The average Bonchev–Trinajstić information content (AvgIpc) is 3.46. The molecular formula is C27H17NO2S. The van der Waals surface area contributed by atoms with Gasteiger partial charge in [0.25, 0.3) is 0 Å². The summed E-state index contributed by atoms with van der Waals surface area (Å²) < 4.78 is 5.60. The quantitative estimate of drug-likeness (QED) is 0.305. The lowest BCUT2D eigenvalue weighted by atomic mass is 9.97. The van der Waals surface area contributed by atoms with Crippen LogP contribution in [0.2, 0.25) is 0 Å². The van der Waals surface area contributed by atoms with E-state index in [2.05, 4.69) is 47.4 Å². The van der Waals surface area contributed by atoms with E-state index in [-0.39, 0.29) is 5.63 Å². The molecule has 0 saturated heterocycles. The minimum absolute atomic E-state index is 0.339. The molecular weight excluding hydrogens is 402 g/mol. The molecule has 0 unspecified atom stereocenters. The van der Waals surface area contributed by atoms with Crippen molar-refractivity contribution in [2.45, 2.75) is 0 Å². The fraction of sp³-hybridized carbons (Fsp3) is 0. The molecule has 0 fully saturated rings. The van der Waals surface area contributed by atoms with E-state index in [4.69, 9.17) is 4.42 Å². The van der Waals surface area contributed by atoms with E-state index in [0.29, 0.717) is 5.58 Å². The summed E-state index contributed by atoms with van der Waals surface area (Å²) in [4.78, 5) is 16.9. The van der Waals surface area contributed by atoms with Crippen LogP contribution in [-0.4, -0.2) is 4.98 Å². The number of nitrogens with one attached hydrogen (secondary N) is 1. The third-order valence-corrected chi connectivity index (χ3v) is 6.48. The monoisotopic (exact) mass is 419 g/mol. The number of fused-ring (bicyclic) bond motifs is 2. The highest BCUT2D eigenvalue weighted by molar-refractivity contribution is 7.13. The molecule has 0 saturated carbocycles. The lowest BCUT2D eigenvalue weighted by Gasteiger charge is -2.07. The zero-order valence-corrected chi connectivity index (χ0v) is 17.3. The van der Waals surface area contributed by atoms with Crippen LogP contribution in [-0.2, 0) is 0 Å². The number of benzene rings is 3. The Morgan fingerprint density at radius 1 is 0.742 bits per heavy atom. The van der Waals surface area contributed by atoms with Crippen LogP contribution in [0, 0.1) is 0 Å². The van der Waals surface area contributed by atoms with Crippen molar-refractivity contribution in [2.75, 3.05) is 0 Å². The highest BCUT2D eigenvalue weighted by Gasteiger charge is 2.18. The molecule has 31 heavy (non-hydrogen) atoms. The van der Waals surface area contributed by atoms with Gasteiger partial charge in [0.1, 0.15) is 5.58 Å². The Morgan fingerprint density at radius 3 is 2.19 bits per heavy atom. The summed E-state index contributed by atoms with van der Waals surface area (Å²) in [5.74, 6) is 0. The first-order chi connectivity index (χ1) is 15.3. The highest BCUT2D eigenvalue weighted by Crippen LogP contribution is 2.41. The van der Waals surface area contributed by atoms with Gasteiger partial charge in [-0.1, -0.05) is 66.7 Å². The molecule has 0 atom stereocenters. The van der Waals surface area contributed by atoms with Crippen molar-refractivity contribution in [3.8, 4) is 32.8 Å². The summed E-state index contributed by atoms with van der Waals surface area (Å²) in [6.07, 6.45) is 0. The first kappa shape index (κ1) is 17.9. The SMILES string of the molecule is O=c1cc(-c2cccs2)c2cc3c(-c4ccccc4)c(-c4ccccc4)[nH]c3cc2o1. The Morgan fingerprint density at radius 2 is 1.48 bits per heavy atom. The molecule has 3 aromatic heterocycles. The van der Waals surface area contributed by atoms with Crippen molar-refractivity contribution in [2.24, 2.45) is 0 Å². The standard InChI is InChI=1S/C27H17NO2S/c29-25-15-20(24-12-7-13-31-24)19-14-21-22(16-23(19)30-25)28-27(18-10-5-2-6-11-18)26(21)17-8-3-1-4-9-17/h1-16,28H. The van der Waals surface area contributed by atoms with Gasteiger partial charge >= 0.3 is 5.63 Å². The van der Waals surface area contributed by atoms with Crippen LogP contribution < -0.4 is 5.63 Å². The van der Waals surface area contributed by atoms with Crippen LogP contribution in [0.4, 0.5) is 0 Å². The molecule has 0 aliphatic carbocycles. The fourth-order valence-electron chi connectivity index (χ4n) is 4.21. The molecule has 1 N–H and O–H groups in total. The Balaban J connectivity index is 1.74. The van der Waals surface area contributed by atoms with Crippen molar-refractivity contribution in [1.82, 2.24) is 4.98 Å². The van der Waals surface area contributed by atoms with Crippen molar-refractivity contribution >= 4 is 33.2 Å². The molecule has 3 aromatic carbocycles. The van der Waals surface area contributed by atoms with Gasteiger partial charge in [0.15, 0.2) is 0 Å². The van der Waals surface area contributed by atoms with Gasteiger partial charge in [-0.2, -0.15) is 0 Å². The third-order valence-electron chi connectivity index (χ3n) is 5.57. The highest BCUT2D eigenvalue weighted by atomic mass is 32.1. The van der Waals surface area contributed by atoms with Gasteiger partial charge < -0.3 is 9.40 Å².